The van der Waals surface area contributed by atoms with Crippen molar-refractivity contribution in [1.82, 2.24) is 0 Å². The summed E-state index contributed by atoms with van der Waals surface area (Å²) in [6.45, 7) is 0. The molecule has 6 heteroatoms. The van der Waals surface area contributed by atoms with Crippen molar-refractivity contribution in [1.29, 1.82) is 0 Å². The fourth-order valence-corrected chi connectivity index (χ4v) is 2.20. The second-order valence-electron chi connectivity index (χ2n) is 4.04. The van der Waals surface area contributed by atoms with E-state index in [9.17, 15) is 8.42 Å². The number of aliphatic hydroxyl groups excluding tert-OH is 1. The minimum absolute atomic E-state index is 0.103. The summed E-state index contributed by atoms with van der Waals surface area (Å²) < 4.78 is 22.0. The lowest BCUT2D eigenvalue weighted by Crippen LogP contribution is -2.38. The van der Waals surface area contributed by atoms with E-state index in [1.54, 1.807) is 12.1 Å². The average Bonchev–Trinajstić information content (AvgIpc) is 2.15. The normalized spacial score (nSPS) is 24.9. The Bertz CT molecular complexity index is 463. The molecule has 16 heavy (non-hydrogen) atoms. The molecule has 0 radical (unpaired) electrons. The van der Waals surface area contributed by atoms with Crippen molar-refractivity contribution in [2.75, 3.05) is 5.32 Å². The third kappa shape index (κ3) is 2.52. The number of hydrogen-bond acceptors (Lipinski definition) is 4. The van der Waals surface area contributed by atoms with E-state index >= 15 is 0 Å². The molecule has 1 saturated carbocycles. The van der Waals surface area contributed by atoms with E-state index < -0.39 is 10.0 Å². The second kappa shape index (κ2) is 4.04. The minimum Gasteiger partial charge on any atom is -0.393 e. The number of nitrogens with two attached hydrogens (primary N) is 1. The van der Waals surface area contributed by atoms with E-state index in [1.165, 1.54) is 12.1 Å². The Morgan fingerprint density at radius 1 is 1.25 bits per heavy atom. The molecule has 0 aromatic heterocycles. The second-order valence-corrected chi connectivity index (χ2v) is 5.60. The molecular formula is C10H14N2O3S. The lowest BCUT2D eigenvalue weighted by molar-refractivity contribution is 0.0836. The van der Waals surface area contributed by atoms with E-state index in [4.69, 9.17) is 10.2 Å². The summed E-state index contributed by atoms with van der Waals surface area (Å²) in [7, 11) is -3.62. The Kier molecular flexibility index (Phi) is 2.88. The van der Waals surface area contributed by atoms with Crippen LogP contribution in [0.15, 0.2) is 29.2 Å². The number of nitrogens with one attached hydrogen (secondary N) is 1. The topological polar surface area (TPSA) is 92.4 Å². The Morgan fingerprint density at radius 2 is 1.81 bits per heavy atom. The van der Waals surface area contributed by atoms with E-state index in [1.807, 2.05) is 0 Å². The van der Waals surface area contributed by atoms with E-state index in [2.05, 4.69) is 5.32 Å². The van der Waals surface area contributed by atoms with Gasteiger partial charge in [-0.15, -0.1) is 0 Å². The fourth-order valence-electron chi connectivity index (χ4n) is 1.68. The van der Waals surface area contributed by atoms with Gasteiger partial charge in [-0.3, -0.25) is 0 Å². The molecule has 4 N–H and O–H groups in total. The van der Waals surface area contributed by atoms with Crippen molar-refractivity contribution in [2.45, 2.75) is 29.9 Å². The van der Waals surface area contributed by atoms with Crippen LogP contribution in [0.5, 0.6) is 0 Å². The lowest BCUT2D eigenvalue weighted by atomic mass is 9.89. The van der Waals surface area contributed by atoms with Gasteiger partial charge in [0.2, 0.25) is 10.0 Å². The Hall–Kier alpha value is -1.11. The summed E-state index contributed by atoms with van der Waals surface area (Å²) in [5.41, 5.74) is 0.837. The molecule has 0 saturated heterocycles. The molecule has 2 rings (SSSR count). The zero-order valence-corrected chi connectivity index (χ0v) is 9.44. The van der Waals surface area contributed by atoms with Gasteiger partial charge in [-0.25, -0.2) is 13.6 Å². The van der Waals surface area contributed by atoms with E-state index in [0.717, 1.165) is 18.5 Å². The van der Waals surface area contributed by atoms with E-state index in [-0.39, 0.29) is 17.0 Å². The quantitative estimate of drug-likeness (QED) is 0.709. The highest BCUT2D eigenvalue weighted by atomic mass is 32.2. The molecular weight excluding hydrogens is 228 g/mol. The van der Waals surface area contributed by atoms with Gasteiger partial charge in [0.05, 0.1) is 11.0 Å². The first kappa shape index (κ1) is 11.4. The maximum atomic E-state index is 11.0. The van der Waals surface area contributed by atoms with Crippen LogP contribution in [0.25, 0.3) is 0 Å². The van der Waals surface area contributed by atoms with Gasteiger partial charge in [-0.2, -0.15) is 0 Å². The molecule has 1 aromatic rings. The highest BCUT2D eigenvalue weighted by Gasteiger charge is 2.26. The molecule has 0 aliphatic heterocycles. The number of anilines is 1. The summed E-state index contributed by atoms with van der Waals surface area (Å²) >= 11 is 0. The molecule has 0 amide bonds. The summed E-state index contributed by atoms with van der Waals surface area (Å²) in [5.74, 6) is 0. The molecule has 1 aliphatic rings. The van der Waals surface area contributed by atoms with Crippen LogP contribution in [0, 0.1) is 0 Å². The zero-order chi connectivity index (χ0) is 11.8. The van der Waals surface area contributed by atoms with Crippen molar-refractivity contribution < 1.29 is 13.5 Å². The SMILES string of the molecule is NS(=O)(=O)c1ccc(NC2CC(O)C2)cc1. The first-order valence-corrected chi connectivity index (χ1v) is 6.57. The highest BCUT2D eigenvalue weighted by molar-refractivity contribution is 7.89. The summed E-state index contributed by atoms with van der Waals surface area (Å²) in [6, 6.07) is 6.55. The van der Waals surface area contributed by atoms with Gasteiger partial charge in [-0.1, -0.05) is 0 Å². The molecule has 1 aliphatic carbocycles. The first-order valence-electron chi connectivity index (χ1n) is 5.02. The molecule has 0 bridgehead atoms. The first-order chi connectivity index (χ1) is 7.45. The van der Waals surface area contributed by atoms with Crippen LogP contribution in [0.1, 0.15) is 12.8 Å². The molecule has 0 spiro atoms. The Balaban J connectivity index is 2.03. The predicted molar refractivity (Wildman–Crippen MR) is 60.5 cm³/mol. The smallest absolute Gasteiger partial charge is 0.238 e. The molecule has 5 nitrogen and oxygen atoms in total. The van der Waals surface area contributed by atoms with E-state index in [0.29, 0.717) is 0 Å². The Morgan fingerprint density at radius 3 is 2.25 bits per heavy atom. The summed E-state index contributed by atoms with van der Waals surface area (Å²) in [5, 5.41) is 17.3. The molecule has 88 valence electrons. The minimum atomic E-state index is -3.62. The Labute approximate surface area is 94.3 Å². The van der Waals surface area contributed by atoms with Gasteiger partial charge in [0.1, 0.15) is 0 Å². The van der Waals surface area contributed by atoms with Crippen molar-refractivity contribution in [3.05, 3.63) is 24.3 Å². The largest absolute Gasteiger partial charge is 0.393 e. The number of hydrogen-bond donors (Lipinski definition) is 3. The number of sulfonamides is 1. The standard InChI is InChI=1S/C10H14N2O3S/c11-16(14,15)10-3-1-7(2-4-10)12-8-5-9(13)6-8/h1-4,8-9,12-13H,5-6H2,(H2,11,14,15). The monoisotopic (exact) mass is 242 g/mol. The van der Waals surface area contributed by atoms with Gasteiger partial charge in [0.15, 0.2) is 0 Å². The van der Waals surface area contributed by atoms with Crippen LogP contribution in [-0.2, 0) is 10.0 Å². The zero-order valence-electron chi connectivity index (χ0n) is 8.63. The highest BCUT2D eigenvalue weighted by Crippen LogP contribution is 2.24. The number of benzene rings is 1. The predicted octanol–water partition coefficient (Wildman–Crippen LogP) is 0.269. The van der Waals surface area contributed by atoms with Gasteiger partial charge in [0, 0.05) is 11.7 Å². The van der Waals surface area contributed by atoms with Crippen molar-refractivity contribution in [3.8, 4) is 0 Å². The van der Waals surface area contributed by atoms with Crippen molar-refractivity contribution in [3.63, 3.8) is 0 Å². The maximum absolute atomic E-state index is 11.0. The lowest BCUT2D eigenvalue weighted by Gasteiger charge is -2.32. The van der Waals surface area contributed by atoms with Crippen LogP contribution >= 0.6 is 0 Å². The van der Waals surface area contributed by atoms with Gasteiger partial charge < -0.3 is 10.4 Å². The number of primary sulfonamides is 1. The van der Waals surface area contributed by atoms with Gasteiger partial charge >= 0.3 is 0 Å². The molecule has 0 atom stereocenters. The molecule has 1 fully saturated rings. The molecule has 0 heterocycles. The third-order valence-electron chi connectivity index (χ3n) is 2.67. The van der Waals surface area contributed by atoms with Crippen LogP contribution in [0.3, 0.4) is 0 Å². The van der Waals surface area contributed by atoms with Crippen molar-refractivity contribution >= 4 is 15.7 Å². The molecule has 1 aromatic carbocycles. The van der Waals surface area contributed by atoms with Crippen LogP contribution < -0.4 is 10.5 Å². The van der Waals surface area contributed by atoms with Gasteiger partial charge in [-0.05, 0) is 37.1 Å². The fraction of sp³-hybridized carbons (Fsp3) is 0.400. The molecule has 0 unspecified atom stereocenters. The number of rotatable bonds is 3. The summed E-state index contributed by atoms with van der Waals surface area (Å²) in [6.07, 6.45) is 1.26. The van der Waals surface area contributed by atoms with Gasteiger partial charge in [0.25, 0.3) is 0 Å². The number of aliphatic hydroxyl groups is 1. The van der Waals surface area contributed by atoms with Crippen molar-refractivity contribution in [2.24, 2.45) is 5.14 Å². The average molecular weight is 242 g/mol. The third-order valence-corrected chi connectivity index (χ3v) is 3.60. The summed E-state index contributed by atoms with van der Waals surface area (Å²) in [4.78, 5) is 0.103. The maximum Gasteiger partial charge on any atom is 0.238 e. The van der Waals surface area contributed by atoms with Crippen LogP contribution in [0.2, 0.25) is 0 Å². The van der Waals surface area contributed by atoms with Crippen LogP contribution in [-0.4, -0.2) is 25.7 Å². The van der Waals surface area contributed by atoms with Crippen LogP contribution in [0.4, 0.5) is 5.69 Å².